The summed E-state index contributed by atoms with van der Waals surface area (Å²) in [5.41, 5.74) is 4.20. The molecule has 6 heteroatoms. The first kappa shape index (κ1) is 23.3. The van der Waals surface area contributed by atoms with Gasteiger partial charge in [0.05, 0.1) is 6.61 Å². The van der Waals surface area contributed by atoms with Gasteiger partial charge < -0.3 is 14.7 Å². The molecular weight excluding hydrogens is 436 g/mol. The Morgan fingerprint density at radius 1 is 1.09 bits per heavy atom. The highest BCUT2D eigenvalue weighted by atomic mass is 35.5. The van der Waals surface area contributed by atoms with Crippen molar-refractivity contribution in [3.63, 3.8) is 0 Å². The summed E-state index contributed by atoms with van der Waals surface area (Å²) in [7, 11) is 0. The number of nitrogens with zero attached hydrogens (tertiary/aromatic N) is 2. The van der Waals surface area contributed by atoms with Crippen LogP contribution in [0.5, 0.6) is 5.75 Å². The molecule has 0 saturated carbocycles. The number of amides is 1. The molecule has 3 aromatic rings. The summed E-state index contributed by atoms with van der Waals surface area (Å²) in [4.78, 5) is 18.6. The number of carbonyl (C=O) groups is 1. The van der Waals surface area contributed by atoms with E-state index in [0.29, 0.717) is 25.9 Å². The third-order valence-electron chi connectivity index (χ3n) is 6.01. The molecular formula is C27H29ClN2O3. The van der Waals surface area contributed by atoms with Gasteiger partial charge in [-0.25, -0.2) is 0 Å². The van der Waals surface area contributed by atoms with Crippen LogP contribution in [0.15, 0.2) is 67.0 Å². The largest absolute Gasteiger partial charge is 0.487 e. The maximum Gasteiger partial charge on any atom is 0.223 e. The van der Waals surface area contributed by atoms with Gasteiger partial charge in [-0.2, -0.15) is 0 Å². The molecule has 1 atom stereocenters. The summed E-state index contributed by atoms with van der Waals surface area (Å²) in [6.07, 6.45) is 6.10. The Kier molecular flexibility index (Phi) is 7.31. The van der Waals surface area contributed by atoms with Gasteiger partial charge in [0.1, 0.15) is 11.4 Å². The van der Waals surface area contributed by atoms with Crippen molar-refractivity contribution >= 4 is 17.5 Å². The SMILES string of the molecule is C[C@]1(Cc2ccc(Cl)cc2)Cc2cc(CCC(=O)N(CCO)Cc3ccncc3)ccc2O1. The van der Waals surface area contributed by atoms with Gasteiger partial charge in [-0.15, -0.1) is 0 Å². The van der Waals surface area contributed by atoms with Crippen LogP contribution >= 0.6 is 11.6 Å². The summed E-state index contributed by atoms with van der Waals surface area (Å²) in [6.45, 7) is 2.88. The van der Waals surface area contributed by atoms with Crippen molar-refractivity contribution in [1.29, 1.82) is 0 Å². The Morgan fingerprint density at radius 2 is 1.82 bits per heavy atom. The summed E-state index contributed by atoms with van der Waals surface area (Å²) in [6, 6.07) is 17.9. The number of hydrogen-bond acceptors (Lipinski definition) is 4. The lowest BCUT2D eigenvalue weighted by Gasteiger charge is -2.24. The number of ether oxygens (including phenoxy) is 1. The predicted molar refractivity (Wildman–Crippen MR) is 129 cm³/mol. The van der Waals surface area contributed by atoms with Crippen LogP contribution in [-0.2, 0) is 30.6 Å². The molecule has 1 aliphatic rings. The Morgan fingerprint density at radius 3 is 2.55 bits per heavy atom. The summed E-state index contributed by atoms with van der Waals surface area (Å²) in [5.74, 6) is 0.950. The van der Waals surface area contributed by atoms with Crippen molar-refractivity contribution in [1.82, 2.24) is 9.88 Å². The summed E-state index contributed by atoms with van der Waals surface area (Å²) < 4.78 is 6.30. The first-order valence-electron chi connectivity index (χ1n) is 11.3. The average molecular weight is 465 g/mol. The van der Waals surface area contributed by atoms with E-state index in [-0.39, 0.29) is 18.1 Å². The van der Waals surface area contributed by atoms with Crippen molar-refractivity contribution < 1.29 is 14.6 Å². The van der Waals surface area contributed by atoms with E-state index in [2.05, 4.69) is 18.0 Å². The van der Waals surface area contributed by atoms with Crippen LogP contribution in [0.4, 0.5) is 0 Å². The monoisotopic (exact) mass is 464 g/mol. The number of aliphatic hydroxyl groups is 1. The number of aromatic nitrogens is 1. The maximum absolute atomic E-state index is 12.8. The van der Waals surface area contributed by atoms with E-state index in [4.69, 9.17) is 16.3 Å². The highest BCUT2D eigenvalue weighted by molar-refractivity contribution is 6.30. The molecule has 1 aromatic heterocycles. The highest BCUT2D eigenvalue weighted by Crippen LogP contribution is 2.37. The number of rotatable bonds is 9. The fourth-order valence-corrected chi connectivity index (χ4v) is 4.52. The van der Waals surface area contributed by atoms with Crippen LogP contribution < -0.4 is 4.74 Å². The molecule has 0 aliphatic carbocycles. The quantitative estimate of drug-likeness (QED) is 0.501. The number of pyridine rings is 1. The number of halogens is 1. The average Bonchev–Trinajstić information content (AvgIpc) is 3.14. The molecule has 33 heavy (non-hydrogen) atoms. The van der Waals surface area contributed by atoms with Crippen molar-refractivity contribution in [2.45, 2.75) is 44.8 Å². The van der Waals surface area contributed by atoms with Gasteiger partial charge >= 0.3 is 0 Å². The molecule has 1 aliphatic heterocycles. The molecule has 172 valence electrons. The van der Waals surface area contributed by atoms with Crippen LogP contribution in [0.25, 0.3) is 0 Å². The van der Waals surface area contributed by atoms with Crippen LogP contribution in [0.3, 0.4) is 0 Å². The normalized spacial score (nSPS) is 16.8. The van der Waals surface area contributed by atoms with Gasteiger partial charge in [0.2, 0.25) is 5.91 Å². The van der Waals surface area contributed by atoms with Crippen molar-refractivity contribution in [2.24, 2.45) is 0 Å². The van der Waals surface area contributed by atoms with E-state index in [1.807, 2.05) is 48.5 Å². The van der Waals surface area contributed by atoms with Gasteiger partial charge in [0.15, 0.2) is 0 Å². The topological polar surface area (TPSA) is 62.7 Å². The molecule has 0 fully saturated rings. The number of carbonyl (C=O) groups excluding carboxylic acids is 1. The molecule has 2 heterocycles. The number of aryl methyl sites for hydroxylation is 1. The number of fused-ring (bicyclic) bond motifs is 1. The van der Waals surface area contributed by atoms with Crippen LogP contribution in [0.1, 0.15) is 35.6 Å². The Labute approximate surface area is 200 Å². The molecule has 0 bridgehead atoms. The molecule has 1 N–H and O–H groups in total. The molecule has 0 spiro atoms. The van der Waals surface area contributed by atoms with Crippen molar-refractivity contribution in [3.8, 4) is 5.75 Å². The first-order valence-corrected chi connectivity index (χ1v) is 11.6. The predicted octanol–water partition coefficient (Wildman–Crippen LogP) is 4.63. The fraction of sp³-hybridized carbons (Fsp3) is 0.333. The van der Waals surface area contributed by atoms with E-state index in [9.17, 15) is 9.90 Å². The van der Waals surface area contributed by atoms with Crippen molar-refractivity contribution in [3.05, 3.63) is 94.3 Å². The van der Waals surface area contributed by atoms with Crippen LogP contribution in [-0.4, -0.2) is 39.7 Å². The lowest BCUT2D eigenvalue weighted by molar-refractivity contribution is -0.132. The second-order valence-electron chi connectivity index (χ2n) is 8.87. The molecule has 1 amide bonds. The van der Waals surface area contributed by atoms with E-state index in [0.717, 1.165) is 34.7 Å². The lowest BCUT2D eigenvalue weighted by atomic mass is 9.91. The zero-order chi connectivity index (χ0) is 23.3. The Bertz CT molecular complexity index is 1090. The van der Waals surface area contributed by atoms with Gasteiger partial charge in [0.25, 0.3) is 0 Å². The van der Waals surface area contributed by atoms with E-state index in [1.165, 1.54) is 11.1 Å². The number of hydrogen-bond donors (Lipinski definition) is 1. The summed E-state index contributed by atoms with van der Waals surface area (Å²) in [5, 5.41) is 10.1. The number of benzene rings is 2. The van der Waals surface area contributed by atoms with Gasteiger partial charge in [0, 0.05) is 49.8 Å². The van der Waals surface area contributed by atoms with E-state index >= 15 is 0 Å². The fourth-order valence-electron chi connectivity index (χ4n) is 4.39. The number of aliphatic hydroxyl groups excluding tert-OH is 1. The zero-order valence-corrected chi connectivity index (χ0v) is 19.6. The van der Waals surface area contributed by atoms with E-state index in [1.54, 1.807) is 17.3 Å². The Hall–Kier alpha value is -2.89. The van der Waals surface area contributed by atoms with Crippen LogP contribution in [0.2, 0.25) is 5.02 Å². The van der Waals surface area contributed by atoms with Gasteiger partial charge in [-0.05, 0) is 65.9 Å². The minimum Gasteiger partial charge on any atom is -0.487 e. The zero-order valence-electron chi connectivity index (χ0n) is 18.8. The molecule has 5 nitrogen and oxygen atoms in total. The van der Waals surface area contributed by atoms with E-state index < -0.39 is 0 Å². The van der Waals surface area contributed by atoms with Crippen molar-refractivity contribution in [2.75, 3.05) is 13.2 Å². The molecule has 4 rings (SSSR count). The highest BCUT2D eigenvalue weighted by Gasteiger charge is 2.35. The third kappa shape index (κ3) is 6.12. The van der Waals surface area contributed by atoms with Gasteiger partial charge in [-0.1, -0.05) is 35.9 Å². The molecule has 0 saturated heterocycles. The Balaban J connectivity index is 1.36. The second-order valence-corrected chi connectivity index (χ2v) is 9.30. The molecule has 2 aromatic carbocycles. The second kappa shape index (κ2) is 10.4. The third-order valence-corrected chi connectivity index (χ3v) is 6.26. The van der Waals surface area contributed by atoms with Crippen LogP contribution in [0, 0.1) is 0 Å². The summed E-state index contributed by atoms with van der Waals surface area (Å²) >= 11 is 6.01. The van der Waals surface area contributed by atoms with Gasteiger partial charge in [-0.3, -0.25) is 9.78 Å². The molecule has 0 radical (unpaired) electrons. The maximum atomic E-state index is 12.8. The lowest BCUT2D eigenvalue weighted by Crippen LogP contribution is -2.33. The first-order chi connectivity index (χ1) is 15.9. The minimum absolute atomic E-state index is 0.0326. The standard InChI is InChI=1S/C27H29ClN2O3/c1-27(17-21-2-6-24(28)7-3-21)18-23-16-20(4-8-25(23)33-27)5-9-26(32)30(14-15-31)19-22-10-12-29-13-11-22/h2-4,6-8,10-13,16,31H,5,9,14-15,17-19H2,1H3/t27-/m0/s1. The molecule has 0 unspecified atom stereocenters. The smallest absolute Gasteiger partial charge is 0.223 e. The minimum atomic E-state index is -0.299.